The smallest absolute Gasteiger partial charge is 0.294 e. The van der Waals surface area contributed by atoms with E-state index in [-0.39, 0.29) is 12.1 Å². The van der Waals surface area contributed by atoms with E-state index in [1.54, 1.807) is 0 Å². The van der Waals surface area contributed by atoms with Gasteiger partial charge < -0.3 is 0 Å². The molecule has 0 amide bonds. The molecule has 17 heavy (non-hydrogen) atoms. The van der Waals surface area contributed by atoms with Crippen LogP contribution in [0.4, 0.5) is 23.2 Å². The molecule has 0 saturated carbocycles. The van der Waals surface area contributed by atoms with Crippen molar-refractivity contribution in [1.82, 2.24) is 0 Å². The number of nitro groups is 1. The monoisotopic (exact) mass is 251 g/mol. The van der Waals surface area contributed by atoms with Crippen molar-refractivity contribution in [2.45, 2.75) is 13.1 Å². The van der Waals surface area contributed by atoms with Crippen LogP contribution in [0.3, 0.4) is 0 Å². The van der Waals surface area contributed by atoms with Crippen molar-refractivity contribution in [3.05, 3.63) is 39.2 Å². The highest BCUT2D eigenvalue weighted by molar-refractivity contribution is 5.96. The first kappa shape index (κ1) is 13.1. The number of hydrogen-bond donors (Lipinski definition) is 0. The minimum Gasteiger partial charge on any atom is -0.294 e. The number of nitro benzene ring substituents is 1. The van der Waals surface area contributed by atoms with E-state index in [1.165, 1.54) is 0 Å². The van der Waals surface area contributed by atoms with E-state index < -0.39 is 39.5 Å². The van der Waals surface area contributed by atoms with Crippen LogP contribution < -0.4 is 0 Å². The lowest BCUT2D eigenvalue weighted by Crippen LogP contribution is -2.13. The fraction of sp³-hybridized carbons (Fsp3) is 0.222. The Morgan fingerprint density at radius 3 is 2.24 bits per heavy atom. The summed E-state index contributed by atoms with van der Waals surface area (Å²) < 4.78 is 50.5. The summed E-state index contributed by atoms with van der Waals surface area (Å²) in [7, 11) is 0. The van der Waals surface area contributed by atoms with Crippen molar-refractivity contribution in [1.29, 1.82) is 0 Å². The second-order valence-electron chi connectivity index (χ2n) is 3.16. The van der Waals surface area contributed by atoms with Gasteiger partial charge in [0.25, 0.3) is 0 Å². The zero-order chi connectivity index (χ0) is 13.4. The van der Waals surface area contributed by atoms with Gasteiger partial charge in [-0.1, -0.05) is 0 Å². The molecule has 1 aromatic carbocycles. The molecule has 0 saturated heterocycles. The Labute approximate surface area is 92.0 Å². The Kier molecular flexibility index (Phi) is 3.16. The summed E-state index contributed by atoms with van der Waals surface area (Å²) >= 11 is 0. The molecule has 0 aliphatic heterocycles. The molecule has 92 valence electrons. The van der Waals surface area contributed by atoms with Gasteiger partial charge in [-0.25, -0.2) is 0 Å². The van der Waals surface area contributed by atoms with Crippen LogP contribution in [-0.2, 0) is 6.18 Å². The minimum atomic E-state index is -4.96. The molecule has 0 atom stereocenters. The summed E-state index contributed by atoms with van der Waals surface area (Å²) in [6.45, 7) is 0.815. The van der Waals surface area contributed by atoms with Gasteiger partial charge in [-0.05, 0) is 13.0 Å². The van der Waals surface area contributed by atoms with Gasteiger partial charge in [-0.2, -0.15) is 17.6 Å². The Morgan fingerprint density at radius 2 is 1.88 bits per heavy atom. The lowest BCUT2D eigenvalue weighted by atomic mass is 10.0. The first-order valence-corrected chi connectivity index (χ1v) is 4.20. The quantitative estimate of drug-likeness (QED) is 0.351. The standard InChI is InChI=1S/C9H5F4NO3/c1-4(15)5-2-7(10)8(14(16)17)3-6(5)9(11,12)13/h2-3H,1H3. The molecule has 4 nitrogen and oxygen atoms in total. The highest BCUT2D eigenvalue weighted by Gasteiger charge is 2.37. The number of alkyl halides is 3. The largest absolute Gasteiger partial charge is 0.417 e. The van der Waals surface area contributed by atoms with Gasteiger partial charge in [0.1, 0.15) is 0 Å². The molecule has 0 radical (unpaired) electrons. The summed E-state index contributed by atoms with van der Waals surface area (Å²) in [4.78, 5) is 19.9. The second-order valence-corrected chi connectivity index (χ2v) is 3.16. The topological polar surface area (TPSA) is 60.2 Å². The average molecular weight is 251 g/mol. The predicted octanol–water partition coefficient (Wildman–Crippen LogP) is 2.96. The number of carbonyl (C=O) groups excluding carboxylic acids is 1. The van der Waals surface area contributed by atoms with Crippen molar-refractivity contribution in [2.24, 2.45) is 0 Å². The van der Waals surface area contributed by atoms with E-state index in [1.807, 2.05) is 0 Å². The maximum Gasteiger partial charge on any atom is 0.417 e. The number of ketones is 1. The average Bonchev–Trinajstić information content (AvgIpc) is 2.14. The molecular weight excluding hydrogens is 246 g/mol. The molecule has 0 N–H and O–H groups in total. The van der Waals surface area contributed by atoms with Crippen LogP contribution in [0.1, 0.15) is 22.8 Å². The first-order valence-electron chi connectivity index (χ1n) is 4.20. The normalized spacial score (nSPS) is 11.4. The molecular formula is C9H5F4NO3. The molecule has 8 heteroatoms. The first-order chi connectivity index (χ1) is 7.64. The predicted molar refractivity (Wildman–Crippen MR) is 48.1 cm³/mol. The summed E-state index contributed by atoms with van der Waals surface area (Å²) in [6.07, 6.45) is -4.96. The molecule has 0 aromatic heterocycles. The summed E-state index contributed by atoms with van der Waals surface area (Å²) in [5, 5.41) is 10.3. The van der Waals surface area contributed by atoms with Gasteiger partial charge in [0.05, 0.1) is 10.5 Å². The number of Topliss-reactive ketones (excluding diaryl/α,β-unsaturated/α-hetero) is 1. The van der Waals surface area contributed by atoms with Gasteiger partial charge >= 0.3 is 11.9 Å². The van der Waals surface area contributed by atoms with Crippen LogP contribution >= 0.6 is 0 Å². The Hall–Kier alpha value is -1.99. The van der Waals surface area contributed by atoms with Crippen LogP contribution in [0, 0.1) is 15.9 Å². The van der Waals surface area contributed by atoms with Crippen LogP contribution in [0.15, 0.2) is 12.1 Å². The number of carbonyl (C=O) groups is 1. The minimum absolute atomic E-state index is 0.0199. The van der Waals surface area contributed by atoms with E-state index in [9.17, 15) is 32.5 Å². The van der Waals surface area contributed by atoms with Gasteiger partial charge in [-0.15, -0.1) is 0 Å². The Morgan fingerprint density at radius 1 is 1.35 bits per heavy atom. The number of benzene rings is 1. The Bertz CT molecular complexity index is 496. The third-order valence-electron chi connectivity index (χ3n) is 1.97. The van der Waals surface area contributed by atoms with Crippen molar-refractivity contribution < 1.29 is 27.3 Å². The van der Waals surface area contributed by atoms with E-state index >= 15 is 0 Å². The molecule has 0 bridgehead atoms. The zero-order valence-electron chi connectivity index (χ0n) is 8.34. The van der Waals surface area contributed by atoms with Crippen LogP contribution in [0.2, 0.25) is 0 Å². The fourth-order valence-corrected chi connectivity index (χ4v) is 1.23. The summed E-state index contributed by atoms with van der Waals surface area (Å²) in [5.41, 5.74) is -3.76. The highest BCUT2D eigenvalue weighted by Crippen LogP contribution is 2.35. The van der Waals surface area contributed by atoms with Gasteiger partial charge in [0.15, 0.2) is 5.78 Å². The van der Waals surface area contributed by atoms with Crippen LogP contribution in [0.25, 0.3) is 0 Å². The maximum atomic E-state index is 13.1. The third kappa shape index (κ3) is 2.58. The van der Waals surface area contributed by atoms with E-state index in [2.05, 4.69) is 0 Å². The number of hydrogen-bond acceptors (Lipinski definition) is 3. The third-order valence-corrected chi connectivity index (χ3v) is 1.97. The van der Waals surface area contributed by atoms with Crippen LogP contribution in [-0.4, -0.2) is 10.7 Å². The summed E-state index contributed by atoms with van der Waals surface area (Å²) in [6, 6.07) is 0.245. The van der Waals surface area contributed by atoms with E-state index in [4.69, 9.17) is 0 Å². The van der Waals surface area contributed by atoms with Crippen LogP contribution in [0.5, 0.6) is 0 Å². The molecule has 0 spiro atoms. The van der Waals surface area contributed by atoms with Gasteiger partial charge in [0.2, 0.25) is 5.82 Å². The number of rotatable bonds is 2. The highest BCUT2D eigenvalue weighted by atomic mass is 19.4. The molecule has 0 aliphatic carbocycles. The molecule has 0 unspecified atom stereocenters. The van der Waals surface area contributed by atoms with Gasteiger partial charge in [0, 0.05) is 11.6 Å². The van der Waals surface area contributed by atoms with Gasteiger partial charge in [-0.3, -0.25) is 14.9 Å². The molecule has 0 heterocycles. The fourth-order valence-electron chi connectivity index (χ4n) is 1.23. The SMILES string of the molecule is CC(=O)c1cc(F)c([N+](=O)[O-])cc1C(F)(F)F. The Balaban J connectivity index is 3.60. The maximum absolute atomic E-state index is 13.1. The summed E-state index contributed by atoms with van der Waals surface area (Å²) in [5.74, 6) is -2.50. The zero-order valence-corrected chi connectivity index (χ0v) is 8.34. The van der Waals surface area contributed by atoms with E-state index in [0.717, 1.165) is 6.92 Å². The molecule has 0 fully saturated rings. The number of nitrogens with zero attached hydrogens (tertiary/aromatic N) is 1. The van der Waals surface area contributed by atoms with E-state index in [0.29, 0.717) is 0 Å². The second kappa shape index (κ2) is 4.11. The van der Waals surface area contributed by atoms with Crippen molar-refractivity contribution >= 4 is 11.5 Å². The lowest BCUT2D eigenvalue weighted by molar-refractivity contribution is -0.387. The molecule has 1 aromatic rings. The lowest BCUT2D eigenvalue weighted by Gasteiger charge is -2.10. The van der Waals surface area contributed by atoms with Crippen molar-refractivity contribution in [3.63, 3.8) is 0 Å². The van der Waals surface area contributed by atoms with Crippen molar-refractivity contribution in [2.75, 3.05) is 0 Å². The van der Waals surface area contributed by atoms with Crippen molar-refractivity contribution in [3.8, 4) is 0 Å². The molecule has 0 aliphatic rings. The molecule has 1 rings (SSSR count). The number of halogens is 4.